The molecule has 0 aromatic heterocycles. The molecule has 0 aromatic rings. The fourth-order valence-corrected chi connectivity index (χ4v) is 5.47. The number of carbonyl (C=O) groups excluding carboxylic acids is 1. The smallest absolute Gasteiger partial charge is 0.397 e. The summed E-state index contributed by atoms with van der Waals surface area (Å²) in [4.78, 5) is 12.5. The topological polar surface area (TPSA) is 178 Å². The molecule has 12 nitrogen and oxygen atoms in total. The Morgan fingerprint density at radius 1 is 0.791 bits per heavy atom. The molecule has 1 rings (SSSR count). The Morgan fingerprint density at radius 3 is 1.86 bits per heavy atom. The zero-order chi connectivity index (χ0) is 31.9. The lowest BCUT2D eigenvalue weighted by atomic mass is 9.99. The highest BCUT2D eigenvalue weighted by Crippen LogP contribution is 2.26. The molecule has 1 fully saturated rings. The van der Waals surface area contributed by atoms with Crippen LogP contribution in [0, 0.1) is 0 Å². The van der Waals surface area contributed by atoms with Crippen molar-refractivity contribution in [2.45, 2.75) is 160 Å². The summed E-state index contributed by atoms with van der Waals surface area (Å²) in [6.45, 7) is 3.85. The highest BCUT2D eigenvalue weighted by molar-refractivity contribution is 7.80. The van der Waals surface area contributed by atoms with Gasteiger partial charge < -0.3 is 34.3 Å². The van der Waals surface area contributed by atoms with Gasteiger partial charge in [-0.15, -0.1) is 0 Å². The molecule has 0 amide bonds. The Bertz CT molecular complexity index is 796. The van der Waals surface area contributed by atoms with Crippen LogP contribution in [0.4, 0.5) is 0 Å². The van der Waals surface area contributed by atoms with E-state index in [2.05, 4.69) is 18.0 Å². The lowest BCUT2D eigenvalue weighted by Crippen LogP contribution is -2.60. The van der Waals surface area contributed by atoms with Crippen molar-refractivity contribution in [1.29, 1.82) is 0 Å². The second-order valence-electron chi connectivity index (χ2n) is 11.4. The van der Waals surface area contributed by atoms with Crippen LogP contribution in [-0.2, 0) is 38.3 Å². The van der Waals surface area contributed by atoms with E-state index >= 15 is 0 Å². The van der Waals surface area contributed by atoms with Gasteiger partial charge in [0.25, 0.3) is 0 Å². The van der Waals surface area contributed by atoms with E-state index in [0.29, 0.717) is 13.0 Å². The maximum atomic E-state index is 12.5. The second-order valence-corrected chi connectivity index (χ2v) is 12.5. The summed E-state index contributed by atoms with van der Waals surface area (Å²) in [6.07, 6.45) is 9.22. The van der Waals surface area contributed by atoms with E-state index in [-0.39, 0.29) is 19.6 Å². The maximum Gasteiger partial charge on any atom is 0.397 e. The predicted octanol–water partition coefficient (Wildman–Crippen LogP) is 4.23. The first-order valence-electron chi connectivity index (χ1n) is 16.3. The third-order valence-corrected chi connectivity index (χ3v) is 7.94. The molecule has 0 radical (unpaired) electrons. The van der Waals surface area contributed by atoms with Crippen molar-refractivity contribution in [1.82, 2.24) is 0 Å². The van der Waals surface area contributed by atoms with Crippen LogP contribution in [0.2, 0.25) is 0 Å². The van der Waals surface area contributed by atoms with E-state index in [0.717, 1.165) is 44.9 Å². The van der Waals surface area contributed by atoms with Crippen molar-refractivity contribution < 1.29 is 56.2 Å². The number of unbranched alkanes of at least 4 members (excludes halogenated alkanes) is 14. The van der Waals surface area contributed by atoms with E-state index < -0.39 is 59.8 Å². The summed E-state index contributed by atoms with van der Waals surface area (Å²) >= 11 is 0. The Labute approximate surface area is 258 Å². The Kier molecular flexibility index (Phi) is 22.7. The molecule has 256 valence electrons. The number of aliphatic hydroxyl groups excluding tert-OH is 3. The van der Waals surface area contributed by atoms with Gasteiger partial charge in [0.05, 0.1) is 19.8 Å². The van der Waals surface area contributed by atoms with E-state index in [9.17, 15) is 28.5 Å². The summed E-state index contributed by atoms with van der Waals surface area (Å²) in [5.74, 6) is -0.412. The number of carbonyl (C=O) groups is 1. The van der Waals surface area contributed by atoms with Crippen LogP contribution in [0.3, 0.4) is 0 Å². The van der Waals surface area contributed by atoms with Gasteiger partial charge in [-0.1, -0.05) is 104 Å². The van der Waals surface area contributed by atoms with Crippen molar-refractivity contribution in [2.24, 2.45) is 0 Å². The Balaban J connectivity index is 2.55. The summed E-state index contributed by atoms with van der Waals surface area (Å²) in [5, 5.41) is 30.3. The Morgan fingerprint density at radius 2 is 1.33 bits per heavy atom. The van der Waals surface area contributed by atoms with E-state index in [1.807, 2.05) is 0 Å². The number of aliphatic hydroxyl groups is 3. The van der Waals surface area contributed by atoms with Crippen LogP contribution in [0.25, 0.3) is 0 Å². The van der Waals surface area contributed by atoms with E-state index in [1.54, 1.807) is 0 Å². The van der Waals surface area contributed by atoms with Gasteiger partial charge in [0.2, 0.25) is 0 Å². The number of hydrogen-bond acceptors (Lipinski definition) is 11. The van der Waals surface area contributed by atoms with Crippen LogP contribution >= 0.6 is 0 Å². The summed E-state index contributed by atoms with van der Waals surface area (Å²) in [5.41, 5.74) is 0. The van der Waals surface area contributed by atoms with Gasteiger partial charge in [0, 0.05) is 13.0 Å². The maximum absolute atomic E-state index is 12.5. The van der Waals surface area contributed by atoms with E-state index in [1.165, 1.54) is 51.4 Å². The number of hydrogen-bond donors (Lipinski definition) is 4. The Hall–Kier alpha value is -0.900. The predicted molar refractivity (Wildman–Crippen MR) is 161 cm³/mol. The SMILES string of the molecule is CCCCCCCCCCCCCOCC(COC1OC(CO)C(O)C(OS(=O)(=O)O)C1O)OC(=O)CCCCCCC. The van der Waals surface area contributed by atoms with Crippen LogP contribution in [0.1, 0.15) is 123 Å². The normalized spacial score (nSPS) is 23.3. The van der Waals surface area contributed by atoms with Crippen LogP contribution in [-0.4, -0.2) is 97.5 Å². The van der Waals surface area contributed by atoms with Gasteiger partial charge in [-0.3, -0.25) is 9.35 Å². The summed E-state index contributed by atoms with van der Waals surface area (Å²) in [6, 6.07) is 0. The van der Waals surface area contributed by atoms with Gasteiger partial charge in [-0.2, -0.15) is 8.42 Å². The van der Waals surface area contributed by atoms with Gasteiger partial charge in [0.1, 0.15) is 30.5 Å². The minimum atomic E-state index is -5.04. The zero-order valence-electron chi connectivity index (χ0n) is 26.3. The molecule has 0 spiro atoms. The standard InChI is InChI=1S/C30H58O12S/c1-3-5-7-9-10-11-12-13-14-16-18-20-38-22-24(40-26(32)19-17-15-8-6-4-2)23-39-30-28(34)29(42-43(35,36)37)27(33)25(21-31)41-30/h24-25,27-31,33-34H,3-23H2,1-2H3,(H,35,36,37). The monoisotopic (exact) mass is 642 g/mol. The minimum absolute atomic E-state index is 0.0408. The van der Waals surface area contributed by atoms with Gasteiger partial charge in [-0.05, 0) is 12.8 Å². The van der Waals surface area contributed by atoms with Crippen LogP contribution in [0.5, 0.6) is 0 Å². The quantitative estimate of drug-likeness (QED) is 0.0570. The minimum Gasteiger partial charge on any atom is -0.457 e. The van der Waals surface area contributed by atoms with Crippen molar-refractivity contribution in [3.05, 3.63) is 0 Å². The zero-order valence-corrected chi connectivity index (χ0v) is 27.1. The molecule has 0 bridgehead atoms. The largest absolute Gasteiger partial charge is 0.457 e. The molecular weight excluding hydrogens is 584 g/mol. The summed E-state index contributed by atoms with van der Waals surface area (Å²) in [7, 11) is -5.04. The van der Waals surface area contributed by atoms with Gasteiger partial charge >= 0.3 is 16.4 Å². The average molecular weight is 643 g/mol. The number of rotatable bonds is 27. The lowest BCUT2D eigenvalue weighted by Gasteiger charge is -2.41. The van der Waals surface area contributed by atoms with Crippen molar-refractivity contribution >= 4 is 16.4 Å². The van der Waals surface area contributed by atoms with E-state index in [4.69, 9.17) is 23.5 Å². The average Bonchev–Trinajstić information content (AvgIpc) is 2.96. The highest BCUT2D eigenvalue weighted by atomic mass is 32.3. The van der Waals surface area contributed by atoms with Crippen molar-refractivity contribution in [3.63, 3.8) is 0 Å². The molecule has 1 heterocycles. The molecule has 0 aliphatic carbocycles. The third kappa shape index (κ3) is 19.3. The fraction of sp³-hybridized carbons (Fsp3) is 0.967. The third-order valence-electron chi connectivity index (χ3n) is 7.48. The van der Waals surface area contributed by atoms with Gasteiger partial charge in [-0.25, -0.2) is 4.18 Å². The number of esters is 1. The molecule has 6 unspecified atom stereocenters. The molecule has 6 atom stereocenters. The van der Waals surface area contributed by atoms with Crippen LogP contribution < -0.4 is 0 Å². The molecule has 0 aromatic carbocycles. The molecule has 13 heteroatoms. The van der Waals surface area contributed by atoms with Crippen molar-refractivity contribution in [3.8, 4) is 0 Å². The summed E-state index contributed by atoms with van der Waals surface area (Å²) < 4.78 is 58.2. The van der Waals surface area contributed by atoms with Crippen LogP contribution in [0.15, 0.2) is 0 Å². The first-order valence-corrected chi connectivity index (χ1v) is 17.7. The first kappa shape index (κ1) is 40.1. The first-order chi connectivity index (χ1) is 20.6. The fourth-order valence-electron chi connectivity index (χ4n) is 4.96. The number of ether oxygens (including phenoxy) is 4. The highest BCUT2D eigenvalue weighted by Gasteiger charge is 2.48. The molecule has 0 saturated carbocycles. The molecule has 1 aliphatic rings. The molecule has 43 heavy (non-hydrogen) atoms. The molecule has 1 aliphatic heterocycles. The molecule has 4 N–H and O–H groups in total. The second kappa shape index (κ2) is 24.3. The molecular formula is C30H58O12S. The van der Waals surface area contributed by atoms with Gasteiger partial charge in [0.15, 0.2) is 6.29 Å². The van der Waals surface area contributed by atoms with Crippen molar-refractivity contribution in [2.75, 3.05) is 26.4 Å². The molecule has 1 saturated heterocycles. The lowest BCUT2D eigenvalue weighted by molar-refractivity contribution is -0.301.